The summed E-state index contributed by atoms with van der Waals surface area (Å²) in [6, 6.07) is 11.0. The molecule has 0 amide bonds. The maximum atomic E-state index is 8.56. The minimum absolute atomic E-state index is 0. The highest BCUT2D eigenvalue weighted by Crippen LogP contribution is 2.40. The standard InChI is InChI=1S/C14H21N.CH2O3.ClH/c1-15(2)14(11-7-4-8-12-14)13-9-5-3-6-10-13;2-1(3)4;/h3,5-6,9-10H,4,7-8,11-12H2,1-2H3;(H2,2,3,4);1H. The normalized spacial score (nSPS) is 16.6. The molecule has 0 radical (unpaired) electrons. The maximum Gasteiger partial charge on any atom is 0.503 e. The van der Waals surface area contributed by atoms with Crippen molar-refractivity contribution in [3.63, 3.8) is 0 Å². The van der Waals surface area contributed by atoms with Gasteiger partial charge in [-0.2, -0.15) is 0 Å². The van der Waals surface area contributed by atoms with Gasteiger partial charge >= 0.3 is 6.16 Å². The van der Waals surface area contributed by atoms with Crippen LogP contribution in [-0.4, -0.2) is 35.4 Å². The van der Waals surface area contributed by atoms with Gasteiger partial charge in [0.1, 0.15) is 0 Å². The van der Waals surface area contributed by atoms with Gasteiger partial charge in [-0.3, -0.25) is 4.90 Å². The summed E-state index contributed by atoms with van der Waals surface area (Å²) in [5, 5.41) is 13.9. The van der Waals surface area contributed by atoms with Crippen molar-refractivity contribution in [3.8, 4) is 0 Å². The van der Waals surface area contributed by atoms with Crippen molar-refractivity contribution in [1.82, 2.24) is 4.90 Å². The van der Waals surface area contributed by atoms with Crippen LogP contribution in [0.15, 0.2) is 30.3 Å². The molecule has 0 heterocycles. The van der Waals surface area contributed by atoms with E-state index in [4.69, 9.17) is 15.0 Å². The molecule has 0 bridgehead atoms. The highest BCUT2D eigenvalue weighted by Gasteiger charge is 2.35. The molecule has 0 aromatic heterocycles. The van der Waals surface area contributed by atoms with Crippen molar-refractivity contribution in [3.05, 3.63) is 35.9 Å². The van der Waals surface area contributed by atoms with Crippen molar-refractivity contribution in [2.24, 2.45) is 0 Å². The molecule has 1 aromatic rings. The summed E-state index contributed by atoms with van der Waals surface area (Å²) in [6.07, 6.45) is 4.93. The number of halogens is 1. The first kappa shape index (κ1) is 18.7. The molecule has 2 rings (SSSR count). The molecule has 0 saturated heterocycles. The quantitative estimate of drug-likeness (QED) is 0.865. The van der Waals surface area contributed by atoms with Gasteiger partial charge in [0.2, 0.25) is 0 Å². The summed E-state index contributed by atoms with van der Waals surface area (Å²) in [5.74, 6) is 0. The summed E-state index contributed by atoms with van der Waals surface area (Å²) in [6.45, 7) is 0. The fourth-order valence-corrected chi connectivity index (χ4v) is 2.88. The number of hydrogen-bond acceptors (Lipinski definition) is 2. The monoisotopic (exact) mass is 301 g/mol. The van der Waals surface area contributed by atoms with Crippen LogP contribution in [0.4, 0.5) is 4.79 Å². The number of carboxylic acid groups (broad SMARTS) is 2. The molecule has 2 N–H and O–H groups in total. The third kappa shape index (κ3) is 5.02. The Morgan fingerprint density at radius 1 is 1.05 bits per heavy atom. The van der Waals surface area contributed by atoms with Gasteiger partial charge in [0, 0.05) is 5.54 Å². The third-order valence-electron chi connectivity index (χ3n) is 3.85. The first-order chi connectivity index (χ1) is 8.99. The Bertz CT molecular complexity index is 385. The van der Waals surface area contributed by atoms with Crippen LogP contribution in [-0.2, 0) is 5.54 Å². The Balaban J connectivity index is 0.000000644. The molecule has 4 nitrogen and oxygen atoms in total. The summed E-state index contributed by atoms with van der Waals surface area (Å²) < 4.78 is 0. The molecule has 1 saturated carbocycles. The Morgan fingerprint density at radius 2 is 1.50 bits per heavy atom. The highest BCUT2D eigenvalue weighted by molar-refractivity contribution is 5.85. The van der Waals surface area contributed by atoms with Gasteiger partial charge in [-0.1, -0.05) is 49.6 Å². The fourth-order valence-electron chi connectivity index (χ4n) is 2.88. The van der Waals surface area contributed by atoms with E-state index >= 15 is 0 Å². The molecule has 0 spiro atoms. The van der Waals surface area contributed by atoms with Gasteiger partial charge < -0.3 is 10.2 Å². The van der Waals surface area contributed by atoms with E-state index in [-0.39, 0.29) is 12.4 Å². The molecule has 0 unspecified atom stereocenters. The Morgan fingerprint density at radius 3 is 1.90 bits per heavy atom. The molecule has 1 aromatic carbocycles. The van der Waals surface area contributed by atoms with Crippen LogP contribution in [0, 0.1) is 0 Å². The second-order valence-electron chi connectivity index (χ2n) is 5.14. The fraction of sp³-hybridized carbons (Fsp3) is 0.533. The topological polar surface area (TPSA) is 60.8 Å². The minimum atomic E-state index is -1.83. The average Bonchev–Trinajstić information content (AvgIpc) is 2.40. The highest BCUT2D eigenvalue weighted by atomic mass is 35.5. The Hall–Kier alpha value is -1.26. The lowest BCUT2D eigenvalue weighted by Gasteiger charge is -2.43. The zero-order valence-electron chi connectivity index (χ0n) is 12.1. The van der Waals surface area contributed by atoms with Crippen molar-refractivity contribution in [1.29, 1.82) is 0 Å². The Kier molecular flexibility index (Phi) is 8.26. The molecular formula is C15H24ClNO3. The zero-order valence-corrected chi connectivity index (χ0v) is 12.9. The third-order valence-corrected chi connectivity index (χ3v) is 3.85. The summed E-state index contributed by atoms with van der Waals surface area (Å²) in [7, 11) is 4.44. The van der Waals surface area contributed by atoms with Crippen LogP contribution in [0.25, 0.3) is 0 Å². The average molecular weight is 302 g/mol. The second-order valence-corrected chi connectivity index (χ2v) is 5.14. The SMILES string of the molecule is CN(C)C1(c2ccccc2)CCCCC1.Cl.O=C(O)O. The van der Waals surface area contributed by atoms with E-state index in [1.54, 1.807) is 0 Å². The maximum absolute atomic E-state index is 8.56. The van der Waals surface area contributed by atoms with Crippen LogP contribution < -0.4 is 0 Å². The summed E-state index contributed by atoms with van der Waals surface area (Å²) in [4.78, 5) is 11.0. The summed E-state index contributed by atoms with van der Waals surface area (Å²) in [5.41, 5.74) is 1.80. The van der Waals surface area contributed by atoms with Gasteiger partial charge in [0.25, 0.3) is 0 Å². The van der Waals surface area contributed by atoms with E-state index in [1.165, 1.54) is 37.7 Å². The van der Waals surface area contributed by atoms with Gasteiger partial charge in [-0.25, -0.2) is 4.79 Å². The molecule has 0 aliphatic heterocycles. The first-order valence-electron chi connectivity index (χ1n) is 6.64. The minimum Gasteiger partial charge on any atom is -0.450 e. The van der Waals surface area contributed by atoms with Crippen molar-refractivity contribution < 1.29 is 15.0 Å². The van der Waals surface area contributed by atoms with E-state index in [2.05, 4.69) is 49.3 Å². The van der Waals surface area contributed by atoms with E-state index in [1.807, 2.05) is 0 Å². The van der Waals surface area contributed by atoms with Crippen LogP contribution in [0.1, 0.15) is 37.7 Å². The number of carbonyl (C=O) groups is 1. The molecule has 1 aliphatic carbocycles. The zero-order chi connectivity index (χ0) is 14.3. The summed E-state index contributed by atoms with van der Waals surface area (Å²) >= 11 is 0. The largest absolute Gasteiger partial charge is 0.503 e. The molecule has 1 fully saturated rings. The van der Waals surface area contributed by atoms with E-state index in [0.717, 1.165) is 0 Å². The molecule has 1 aliphatic rings. The van der Waals surface area contributed by atoms with Gasteiger partial charge in [-0.05, 0) is 32.5 Å². The van der Waals surface area contributed by atoms with Crippen molar-refractivity contribution in [2.45, 2.75) is 37.6 Å². The lowest BCUT2D eigenvalue weighted by Crippen LogP contribution is -2.42. The van der Waals surface area contributed by atoms with E-state index in [0.29, 0.717) is 5.54 Å². The van der Waals surface area contributed by atoms with Gasteiger partial charge in [0.15, 0.2) is 0 Å². The van der Waals surface area contributed by atoms with Gasteiger partial charge in [0.05, 0.1) is 0 Å². The Labute approximate surface area is 126 Å². The molecule has 5 heteroatoms. The molecule has 0 atom stereocenters. The molecule has 20 heavy (non-hydrogen) atoms. The van der Waals surface area contributed by atoms with Crippen molar-refractivity contribution >= 4 is 18.6 Å². The van der Waals surface area contributed by atoms with Crippen LogP contribution in [0.5, 0.6) is 0 Å². The number of nitrogens with zero attached hydrogens (tertiary/aromatic N) is 1. The lowest BCUT2D eigenvalue weighted by molar-refractivity contribution is 0.0988. The number of benzene rings is 1. The van der Waals surface area contributed by atoms with Crippen LogP contribution in [0.2, 0.25) is 0 Å². The second kappa shape index (κ2) is 8.82. The van der Waals surface area contributed by atoms with E-state index < -0.39 is 6.16 Å². The number of rotatable bonds is 2. The van der Waals surface area contributed by atoms with Crippen LogP contribution >= 0.6 is 12.4 Å². The predicted octanol–water partition coefficient (Wildman–Crippen LogP) is 4.05. The van der Waals surface area contributed by atoms with Gasteiger partial charge in [-0.15, -0.1) is 12.4 Å². The van der Waals surface area contributed by atoms with E-state index in [9.17, 15) is 0 Å². The number of hydrogen-bond donors (Lipinski definition) is 2. The first-order valence-corrected chi connectivity index (χ1v) is 6.64. The molecule has 114 valence electrons. The molecular weight excluding hydrogens is 278 g/mol. The smallest absolute Gasteiger partial charge is 0.450 e. The predicted molar refractivity (Wildman–Crippen MR) is 82.8 cm³/mol. The van der Waals surface area contributed by atoms with Crippen molar-refractivity contribution in [2.75, 3.05) is 14.1 Å². The van der Waals surface area contributed by atoms with Crippen LogP contribution in [0.3, 0.4) is 0 Å². The lowest BCUT2D eigenvalue weighted by atomic mass is 9.76.